The normalized spacial score (nSPS) is 11.2. The average Bonchev–Trinajstić information content (AvgIpc) is 3.27. The van der Waals surface area contributed by atoms with Gasteiger partial charge in [0, 0.05) is 44.1 Å². The van der Waals surface area contributed by atoms with Crippen molar-refractivity contribution in [2.45, 2.75) is 59.6 Å². The number of benzene rings is 2. The second-order valence-electron chi connectivity index (χ2n) is 8.84. The number of carbonyl (C=O) groups is 1. The summed E-state index contributed by atoms with van der Waals surface area (Å²) in [6.45, 7) is 13.5. The number of imidazole rings is 1. The first-order chi connectivity index (χ1) is 17.7. The molecule has 3 rings (SSSR count). The van der Waals surface area contributed by atoms with Crippen LogP contribution in [0.5, 0.6) is 5.75 Å². The zero-order valence-electron chi connectivity index (χ0n) is 22.7. The van der Waals surface area contributed by atoms with E-state index in [2.05, 4.69) is 22.9 Å². The molecule has 0 unspecified atom stereocenters. The molecule has 196 valence electrons. The number of ketones is 1. The summed E-state index contributed by atoms with van der Waals surface area (Å²) in [5.41, 5.74) is 4.70. The second kappa shape index (κ2) is 14.0. The Balaban J connectivity index is 0.00000235. The Morgan fingerprint density at radius 3 is 2.43 bits per heavy atom. The SMILES string of the molecule is C=C(N[C@H](CCO)Cc1ccc(-c2cn(C)c(C(C)=O)n2)cc1)c1ccc(OC(C)C)c(C#N)c1.CC. The minimum atomic E-state index is -0.0718. The molecule has 0 aliphatic rings. The maximum absolute atomic E-state index is 11.7. The number of aliphatic hydroxyl groups excluding tert-OH is 1. The van der Waals surface area contributed by atoms with E-state index in [1.165, 1.54) is 6.92 Å². The zero-order valence-corrected chi connectivity index (χ0v) is 22.7. The number of carbonyl (C=O) groups excluding carboxylic acids is 1. The van der Waals surface area contributed by atoms with Crippen molar-refractivity contribution in [3.05, 3.63) is 77.8 Å². The first-order valence-corrected chi connectivity index (χ1v) is 12.6. The van der Waals surface area contributed by atoms with Crippen LogP contribution in [0.4, 0.5) is 0 Å². The van der Waals surface area contributed by atoms with E-state index in [1.807, 2.05) is 71.3 Å². The minimum Gasteiger partial charge on any atom is -0.490 e. The highest BCUT2D eigenvalue weighted by Gasteiger charge is 2.15. The van der Waals surface area contributed by atoms with Crippen LogP contribution in [0.3, 0.4) is 0 Å². The summed E-state index contributed by atoms with van der Waals surface area (Å²) in [7, 11) is 1.81. The predicted octanol–water partition coefficient (Wildman–Crippen LogP) is 5.53. The Morgan fingerprint density at radius 2 is 1.89 bits per heavy atom. The molecule has 2 aromatic carbocycles. The lowest BCUT2D eigenvalue weighted by Crippen LogP contribution is -2.30. The second-order valence-corrected chi connectivity index (χ2v) is 8.84. The van der Waals surface area contributed by atoms with Crippen molar-refractivity contribution in [3.8, 4) is 23.1 Å². The van der Waals surface area contributed by atoms with Gasteiger partial charge in [-0.05, 0) is 56.0 Å². The molecule has 7 nitrogen and oxygen atoms in total. The van der Waals surface area contributed by atoms with Crippen molar-refractivity contribution in [1.82, 2.24) is 14.9 Å². The van der Waals surface area contributed by atoms with Gasteiger partial charge < -0.3 is 19.7 Å². The number of hydrogen-bond donors (Lipinski definition) is 2. The molecule has 0 bridgehead atoms. The summed E-state index contributed by atoms with van der Waals surface area (Å²) in [5.74, 6) is 0.907. The third kappa shape index (κ3) is 8.06. The first kappa shape index (κ1) is 29.3. The van der Waals surface area contributed by atoms with E-state index in [4.69, 9.17) is 4.74 Å². The van der Waals surface area contributed by atoms with E-state index in [0.717, 1.165) is 22.4 Å². The van der Waals surface area contributed by atoms with Crippen molar-refractivity contribution in [2.75, 3.05) is 6.61 Å². The van der Waals surface area contributed by atoms with Crippen LogP contribution in [0.2, 0.25) is 0 Å². The van der Waals surface area contributed by atoms with Crippen LogP contribution in [0.15, 0.2) is 55.2 Å². The molecule has 1 atom stereocenters. The topological polar surface area (TPSA) is 100 Å². The lowest BCUT2D eigenvalue weighted by atomic mass is 10.0. The molecule has 0 amide bonds. The van der Waals surface area contributed by atoms with Crippen LogP contribution >= 0.6 is 0 Å². The lowest BCUT2D eigenvalue weighted by molar-refractivity contribution is 0.100. The van der Waals surface area contributed by atoms with Gasteiger partial charge in [-0.3, -0.25) is 4.79 Å². The van der Waals surface area contributed by atoms with E-state index in [-0.39, 0.29) is 24.5 Å². The molecule has 3 aromatic rings. The monoisotopic (exact) mass is 502 g/mol. The van der Waals surface area contributed by atoms with Gasteiger partial charge in [0.1, 0.15) is 11.8 Å². The van der Waals surface area contributed by atoms with Gasteiger partial charge in [-0.25, -0.2) is 4.98 Å². The Hall–Kier alpha value is -3.89. The molecular formula is C30H38N4O3. The smallest absolute Gasteiger partial charge is 0.195 e. The largest absolute Gasteiger partial charge is 0.490 e. The summed E-state index contributed by atoms with van der Waals surface area (Å²) in [5, 5.41) is 22.5. The average molecular weight is 503 g/mol. The zero-order chi connectivity index (χ0) is 27.5. The number of ether oxygens (including phenoxy) is 1. The van der Waals surface area contributed by atoms with E-state index in [0.29, 0.717) is 35.7 Å². The van der Waals surface area contributed by atoms with Crippen molar-refractivity contribution in [3.63, 3.8) is 0 Å². The van der Waals surface area contributed by atoms with E-state index < -0.39 is 0 Å². The summed E-state index contributed by atoms with van der Waals surface area (Å²) < 4.78 is 7.44. The number of nitriles is 1. The maximum atomic E-state index is 11.7. The molecule has 1 aromatic heterocycles. The highest BCUT2D eigenvalue weighted by molar-refractivity contribution is 5.91. The third-order valence-electron chi connectivity index (χ3n) is 5.59. The van der Waals surface area contributed by atoms with Gasteiger partial charge in [0.2, 0.25) is 0 Å². The number of rotatable bonds is 11. The van der Waals surface area contributed by atoms with Gasteiger partial charge in [0.15, 0.2) is 11.6 Å². The predicted molar refractivity (Wildman–Crippen MR) is 148 cm³/mol. The van der Waals surface area contributed by atoms with E-state index >= 15 is 0 Å². The molecule has 0 aliphatic heterocycles. The van der Waals surface area contributed by atoms with Crippen molar-refractivity contribution < 1.29 is 14.6 Å². The number of aliphatic hydroxyl groups is 1. The highest BCUT2D eigenvalue weighted by Crippen LogP contribution is 2.24. The molecule has 0 fully saturated rings. The number of hydrogen-bond acceptors (Lipinski definition) is 6. The van der Waals surface area contributed by atoms with Crippen molar-refractivity contribution in [2.24, 2.45) is 7.05 Å². The molecule has 0 aliphatic carbocycles. The molecular weight excluding hydrogens is 464 g/mol. The van der Waals surface area contributed by atoms with Gasteiger partial charge in [-0.1, -0.05) is 44.7 Å². The number of aryl methyl sites for hydroxylation is 1. The fourth-order valence-electron chi connectivity index (χ4n) is 3.90. The van der Waals surface area contributed by atoms with Gasteiger partial charge >= 0.3 is 0 Å². The fraction of sp³-hybridized carbons (Fsp3) is 0.367. The molecule has 0 radical (unpaired) electrons. The van der Waals surface area contributed by atoms with Crippen LogP contribution in [-0.4, -0.2) is 39.2 Å². The quantitative estimate of drug-likeness (QED) is 0.335. The number of Topliss-reactive ketones (excluding diaryl/α,β-unsaturated/α-hetero) is 1. The maximum Gasteiger partial charge on any atom is 0.195 e. The number of aromatic nitrogens is 2. The van der Waals surface area contributed by atoms with Crippen LogP contribution < -0.4 is 10.1 Å². The molecule has 7 heteroatoms. The van der Waals surface area contributed by atoms with Crippen LogP contribution in [-0.2, 0) is 13.5 Å². The molecule has 0 spiro atoms. The Labute approximate surface area is 220 Å². The summed E-state index contributed by atoms with van der Waals surface area (Å²) in [4.78, 5) is 16.1. The number of nitrogens with zero attached hydrogens (tertiary/aromatic N) is 3. The van der Waals surface area contributed by atoms with E-state index in [9.17, 15) is 15.2 Å². The highest BCUT2D eigenvalue weighted by atomic mass is 16.5. The van der Waals surface area contributed by atoms with Crippen LogP contribution in [0.25, 0.3) is 17.0 Å². The van der Waals surface area contributed by atoms with E-state index in [1.54, 1.807) is 16.7 Å². The Bertz CT molecular complexity index is 1240. The first-order valence-electron chi connectivity index (χ1n) is 12.6. The molecule has 37 heavy (non-hydrogen) atoms. The van der Waals surface area contributed by atoms with Gasteiger partial charge in [-0.2, -0.15) is 5.26 Å². The number of nitrogens with one attached hydrogen (secondary N) is 1. The van der Waals surface area contributed by atoms with Crippen molar-refractivity contribution >= 4 is 11.5 Å². The van der Waals surface area contributed by atoms with Gasteiger partial charge in [0.25, 0.3) is 0 Å². The van der Waals surface area contributed by atoms with Crippen molar-refractivity contribution in [1.29, 1.82) is 5.26 Å². The summed E-state index contributed by atoms with van der Waals surface area (Å²) in [6, 6.07) is 15.6. The summed E-state index contributed by atoms with van der Waals surface area (Å²) in [6.07, 6.45) is 3.05. The molecule has 0 saturated heterocycles. The third-order valence-corrected chi connectivity index (χ3v) is 5.59. The Morgan fingerprint density at radius 1 is 1.22 bits per heavy atom. The minimum absolute atomic E-state index is 0.0246. The molecule has 1 heterocycles. The van der Waals surface area contributed by atoms with Crippen LogP contribution in [0, 0.1) is 11.3 Å². The molecule has 2 N–H and O–H groups in total. The molecule has 0 saturated carbocycles. The fourth-order valence-corrected chi connectivity index (χ4v) is 3.90. The standard InChI is InChI=1S/C28H32N4O3.C2H6/c1-18(2)35-27-11-10-23(15-24(27)16-29)19(3)30-25(12-13-33)14-21-6-8-22(9-7-21)26-17-32(5)28(31-26)20(4)34;1-2/h6-11,15,17-18,25,30,33H,3,12-14H2,1-2,4-5H3;1-2H3/t25-;/m1./s1. The summed E-state index contributed by atoms with van der Waals surface area (Å²) >= 11 is 0. The van der Waals surface area contributed by atoms with Gasteiger partial charge in [-0.15, -0.1) is 0 Å². The Kier molecular flexibility index (Phi) is 11.1. The van der Waals surface area contributed by atoms with Crippen LogP contribution in [0.1, 0.15) is 68.3 Å². The van der Waals surface area contributed by atoms with Gasteiger partial charge in [0.05, 0.1) is 17.4 Å². The lowest BCUT2D eigenvalue weighted by Gasteiger charge is -2.21.